The molecule has 0 spiro atoms. The van der Waals surface area contributed by atoms with Crippen molar-refractivity contribution in [2.75, 3.05) is 13.2 Å². The molecular weight excluding hydrogens is 496 g/mol. The number of carboxylic acids is 1. The molecule has 0 aliphatic rings. The summed E-state index contributed by atoms with van der Waals surface area (Å²) < 4.78 is 6.83. The average molecular weight is 523 g/mol. The van der Waals surface area contributed by atoms with Gasteiger partial charge >= 0.3 is 5.97 Å². The van der Waals surface area contributed by atoms with Gasteiger partial charge in [-0.25, -0.2) is 4.79 Å². The molecule has 3 rings (SSSR count). The van der Waals surface area contributed by atoms with E-state index in [0.717, 1.165) is 22.0 Å². The molecule has 6 nitrogen and oxygen atoms in total. The summed E-state index contributed by atoms with van der Waals surface area (Å²) in [5.74, 6) is -0.617. The number of rotatable bonds is 10. The minimum atomic E-state index is -0.988. The van der Waals surface area contributed by atoms with Gasteiger partial charge in [0.15, 0.2) is 0 Å². The molecule has 0 amide bonds. The number of aromatic carboxylic acids is 1. The minimum absolute atomic E-state index is 0.0252. The van der Waals surface area contributed by atoms with Crippen molar-refractivity contribution in [3.63, 3.8) is 0 Å². The van der Waals surface area contributed by atoms with E-state index >= 15 is 0 Å². The molecule has 0 heterocycles. The van der Waals surface area contributed by atoms with Gasteiger partial charge in [-0.15, -0.1) is 0 Å². The third kappa shape index (κ3) is 7.16. The number of hydrogen-bond acceptors (Lipinski definition) is 5. The van der Waals surface area contributed by atoms with Crippen molar-refractivity contribution < 1.29 is 19.7 Å². The second kappa shape index (κ2) is 11.3. The van der Waals surface area contributed by atoms with Crippen molar-refractivity contribution in [1.82, 2.24) is 5.32 Å². The topological polar surface area (TPSA) is 103 Å². The number of benzene rings is 3. The summed E-state index contributed by atoms with van der Waals surface area (Å²) in [6.07, 6.45) is 0.0315. The van der Waals surface area contributed by atoms with Crippen LogP contribution in [0.15, 0.2) is 71.2 Å². The van der Waals surface area contributed by atoms with Gasteiger partial charge in [-0.1, -0.05) is 46.3 Å². The van der Waals surface area contributed by atoms with Crippen molar-refractivity contribution in [1.29, 1.82) is 5.26 Å². The second-order valence-electron chi connectivity index (χ2n) is 8.74. The summed E-state index contributed by atoms with van der Waals surface area (Å²) in [6, 6.07) is 21.9. The molecule has 7 heteroatoms. The third-order valence-corrected chi connectivity index (χ3v) is 5.90. The fourth-order valence-corrected chi connectivity index (χ4v) is 3.80. The summed E-state index contributed by atoms with van der Waals surface area (Å²) >= 11 is 3.44. The largest absolute Gasteiger partial charge is 0.489 e. The van der Waals surface area contributed by atoms with Gasteiger partial charge < -0.3 is 20.3 Å². The van der Waals surface area contributed by atoms with Gasteiger partial charge in [-0.05, 0) is 73.4 Å². The van der Waals surface area contributed by atoms with Crippen LogP contribution in [-0.4, -0.2) is 41.0 Å². The molecule has 3 aromatic rings. The summed E-state index contributed by atoms with van der Waals surface area (Å²) in [5.41, 5.74) is 3.12. The van der Waals surface area contributed by atoms with Gasteiger partial charge in [0, 0.05) is 16.6 Å². The van der Waals surface area contributed by atoms with Crippen molar-refractivity contribution in [2.24, 2.45) is 0 Å². The zero-order chi connectivity index (χ0) is 24.7. The Morgan fingerprint density at radius 3 is 2.35 bits per heavy atom. The molecule has 0 aromatic heterocycles. The molecule has 1 atom stereocenters. The summed E-state index contributed by atoms with van der Waals surface area (Å²) in [7, 11) is 0. The van der Waals surface area contributed by atoms with E-state index in [1.807, 2.05) is 12.1 Å². The van der Waals surface area contributed by atoms with Gasteiger partial charge in [0.25, 0.3) is 0 Å². The maximum Gasteiger partial charge on any atom is 0.335 e. The average Bonchev–Trinajstić information content (AvgIpc) is 2.82. The van der Waals surface area contributed by atoms with E-state index in [2.05, 4.69) is 53.3 Å². The predicted octanol–water partition coefficient (Wildman–Crippen LogP) is 5.04. The van der Waals surface area contributed by atoms with Crippen LogP contribution in [0.3, 0.4) is 0 Å². The van der Waals surface area contributed by atoms with Crippen molar-refractivity contribution in [3.05, 3.63) is 87.9 Å². The lowest BCUT2D eigenvalue weighted by Gasteiger charge is -2.28. The number of hydrogen-bond donors (Lipinski definition) is 3. The van der Waals surface area contributed by atoms with Crippen LogP contribution in [-0.2, 0) is 6.42 Å². The molecule has 0 aliphatic carbocycles. The summed E-state index contributed by atoms with van der Waals surface area (Å²) in [4.78, 5) is 11.1. The smallest absolute Gasteiger partial charge is 0.335 e. The quantitative estimate of drug-likeness (QED) is 0.344. The van der Waals surface area contributed by atoms with Crippen LogP contribution in [0.4, 0.5) is 0 Å². The Morgan fingerprint density at radius 1 is 1.09 bits per heavy atom. The molecule has 3 N–H and O–H groups in total. The number of aliphatic hydroxyl groups excluding tert-OH is 1. The van der Waals surface area contributed by atoms with E-state index in [9.17, 15) is 15.2 Å². The Kier molecular flexibility index (Phi) is 8.46. The molecule has 0 aliphatic heterocycles. The second-order valence-corrected chi connectivity index (χ2v) is 9.65. The molecule has 0 bridgehead atoms. The number of nitriles is 1. The predicted molar refractivity (Wildman–Crippen MR) is 135 cm³/mol. The lowest BCUT2D eigenvalue weighted by molar-refractivity contribution is 0.0697. The number of ether oxygens (including phenoxy) is 1. The zero-order valence-corrected chi connectivity index (χ0v) is 20.7. The van der Waals surface area contributed by atoms with Gasteiger partial charge in [0.2, 0.25) is 0 Å². The zero-order valence-electron chi connectivity index (χ0n) is 19.1. The standard InChI is InChI=1S/C27H27BrN2O4/c1-27(2,14-18-3-11-23(28)12-4-18)30-16-24(31)17-34-25-13-21(9-10-22(25)15-29)19-5-7-20(8-6-19)26(32)33/h3-13,24,30-31H,14,16-17H2,1-2H3,(H,32,33)/t24-/m0/s1. The van der Waals surface area contributed by atoms with Crippen LogP contribution in [0, 0.1) is 11.3 Å². The highest BCUT2D eigenvalue weighted by Crippen LogP contribution is 2.27. The summed E-state index contributed by atoms with van der Waals surface area (Å²) in [5, 5.41) is 32.4. The molecule has 3 aromatic carbocycles. The van der Waals surface area contributed by atoms with Gasteiger partial charge in [0.05, 0.1) is 11.1 Å². The van der Waals surface area contributed by atoms with E-state index in [0.29, 0.717) is 17.9 Å². The van der Waals surface area contributed by atoms with Gasteiger partial charge in [0.1, 0.15) is 24.5 Å². The molecule has 34 heavy (non-hydrogen) atoms. The number of carbonyl (C=O) groups is 1. The van der Waals surface area contributed by atoms with E-state index in [1.54, 1.807) is 30.3 Å². The fourth-order valence-electron chi connectivity index (χ4n) is 3.53. The molecular formula is C27H27BrN2O4. The highest BCUT2D eigenvalue weighted by Gasteiger charge is 2.20. The molecule has 0 saturated carbocycles. The molecule has 176 valence electrons. The Balaban J connectivity index is 1.60. The molecule has 0 unspecified atom stereocenters. The number of carboxylic acid groups (broad SMARTS) is 1. The van der Waals surface area contributed by atoms with E-state index in [1.165, 1.54) is 17.7 Å². The maximum atomic E-state index is 11.1. The van der Waals surface area contributed by atoms with Crippen molar-refractivity contribution in [2.45, 2.75) is 31.9 Å². The van der Waals surface area contributed by atoms with Gasteiger partial charge in [-0.2, -0.15) is 5.26 Å². The molecule has 0 saturated heterocycles. The maximum absolute atomic E-state index is 11.1. The SMILES string of the molecule is CC(C)(Cc1ccc(Br)cc1)NC[C@H](O)COc1cc(-c2ccc(C(=O)O)cc2)ccc1C#N. The lowest BCUT2D eigenvalue weighted by Crippen LogP contribution is -2.46. The van der Waals surface area contributed by atoms with E-state index < -0.39 is 12.1 Å². The van der Waals surface area contributed by atoms with Gasteiger partial charge in [-0.3, -0.25) is 0 Å². The highest BCUT2D eigenvalue weighted by molar-refractivity contribution is 9.10. The summed E-state index contributed by atoms with van der Waals surface area (Å²) in [6.45, 7) is 4.52. The van der Waals surface area contributed by atoms with Crippen molar-refractivity contribution in [3.8, 4) is 22.9 Å². The Morgan fingerprint density at radius 2 is 1.74 bits per heavy atom. The Labute approximate surface area is 208 Å². The monoisotopic (exact) mass is 522 g/mol. The molecule has 0 radical (unpaired) electrons. The first kappa shape index (κ1) is 25.4. The minimum Gasteiger partial charge on any atom is -0.489 e. The van der Waals surface area contributed by atoms with Crippen LogP contribution in [0.25, 0.3) is 11.1 Å². The number of nitrogens with zero attached hydrogens (tertiary/aromatic N) is 1. The number of halogens is 1. The number of β-amino-alcohol motifs (C(OH)–C–C–N with tert-alkyl or cyclic N) is 1. The van der Waals surface area contributed by atoms with Crippen molar-refractivity contribution >= 4 is 21.9 Å². The number of aliphatic hydroxyl groups is 1. The Bertz CT molecular complexity index is 1170. The lowest BCUT2D eigenvalue weighted by atomic mass is 9.95. The van der Waals surface area contributed by atoms with Crippen LogP contribution < -0.4 is 10.1 Å². The first-order valence-electron chi connectivity index (χ1n) is 10.8. The fraction of sp³-hybridized carbons (Fsp3) is 0.259. The first-order chi connectivity index (χ1) is 16.2. The first-order valence-corrected chi connectivity index (χ1v) is 11.6. The highest BCUT2D eigenvalue weighted by atomic mass is 79.9. The van der Waals surface area contributed by atoms with Crippen LogP contribution in [0.1, 0.15) is 35.3 Å². The van der Waals surface area contributed by atoms with Crippen LogP contribution >= 0.6 is 15.9 Å². The van der Waals surface area contributed by atoms with E-state index in [-0.39, 0.29) is 17.7 Å². The molecule has 0 fully saturated rings. The third-order valence-electron chi connectivity index (χ3n) is 5.37. The van der Waals surface area contributed by atoms with Crippen LogP contribution in [0.2, 0.25) is 0 Å². The van der Waals surface area contributed by atoms with E-state index in [4.69, 9.17) is 9.84 Å². The normalized spacial score (nSPS) is 12.1. The number of nitrogens with one attached hydrogen (secondary N) is 1. The van der Waals surface area contributed by atoms with Crippen LogP contribution in [0.5, 0.6) is 5.75 Å². The Hall–Kier alpha value is -3.18.